The van der Waals surface area contributed by atoms with Crippen LogP contribution in [0.2, 0.25) is 0 Å². The molecule has 1 unspecified atom stereocenters. The maximum absolute atomic E-state index is 11.9. The Bertz CT molecular complexity index is 462. The van der Waals surface area contributed by atoms with E-state index in [0.717, 1.165) is 49.6 Å². The van der Waals surface area contributed by atoms with Gasteiger partial charge in [-0.1, -0.05) is 34.6 Å². The minimum atomic E-state index is -0.0316. The van der Waals surface area contributed by atoms with E-state index in [1.54, 1.807) is 6.20 Å². The van der Waals surface area contributed by atoms with E-state index >= 15 is 0 Å². The number of carbonyl (C=O) groups is 1. The number of rotatable bonds is 1. The molecule has 1 aromatic rings. The van der Waals surface area contributed by atoms with Crippen LogP contribution >= 0.6 is 0 Å². The fourth-order valence-electron chi connectivity index (χ4n) is 2.56. The summed E-state index contributed by atoms with van der Waals surface area (Å²) in [6.07, 6.45) is 5.73. The van der Waals surface area contributed by atoms with Gasteiger partial charge in [0.15, 0.2) is 5.82 Å². The molecule has 1 atom stereocenters. The van der Waals surface area contributed by atoms with Crippen LogP contribution in [0.1, 0.15) is 59.7 Å². The summed E-state index contributed by atoms with van der Waals surface area (Å²) in [7, 11) is 0. The Kier molecular flexibility index (Phi) is 7.12. The van der Waals surface area contributed by atoms with E-state index in [1.165, 1.54) is 0 Å². The van der Waals surface area contributed by atoms with Crippen molar-refractivity contribution in [2.24, 2.45) is 0 Å². The molecule has 1 N–H and O–H groups in total. The molecule has 0 aliphatic carbocycles. The number of aromatic nitrogens is 2. The Hall–Kier alpha value is -1.65. The molecule has 1 aromatic heterocycles. The second-order valence-electron chi connectivity index (χ2n) is 4.57. The molecule has 2 aliphatic rings. The normalized spacial score (nSPS) is 19.0. The second-order valence-corrected chi connectivity index (χ2v) is 4.57. The first-order chi connectivity index (χ1) is 10.3. The van der Waals surface area contributed by atoms with Crippen LogP contribution in [0, 0.1) is 0 Å². The molecule has 3 heterocycles. The van der Waals surface area contributed by atoms with Crippen LogP contribution in [-0.4, -0.2) is 28.5 Å². The molecule has 5 nitrogen and oxygen atoms in total. The number of carbonyl (C=O) groups excluding carboxylic acids is 1. The van der Waals surface area contributed by atoms with Crippen LogP contribution in [0.4, 0.5) is 11.5 Å². The predicted molar refractivity (Wildman–Crippen MR) is 87.7 cm³/mol. The van der Waals surface area contributed by atoms with Gasteiger partial charge in [0.25, 0.3) is 0 Å². The molecule has 1 amide bonds. The Balaban J connectivity index is 0.000000510. The number of nitrogens with one attached hydrogen (secondary N) is 1. The summed E-state index contributed by atoms with van der Waals surface area (Å²) in [5.41, 5.74) is 0.755. The second kappa shape index (κ2) is 8.60. The van der Waals surface area contributed by atoms with E-state index in [0.29, 0.717) is 0 Å². The zero-order chi connectivity index (χ0) is 15.8. The van der Waals surface area contributed by atoms with E-state index in [2.05, 4.69) is 20.2 Å². The number of amides is 1. The number of piperidine rings is 1. The van der Waals surface area contributed by atoms with Crippen molar-refractivity contribution in [1.29, 1.82) is 0 Å². The Morgan fingerprint density at radius 2 is 2.00 bits per heavy atom. The average Bonchev–Trinajstić information content (AvgIpc) is 2.58. The van der Waals surface area contributed by atoms with Gasteiger partial charge in [0.2, 0.25) is 5.91 Å². The van der Waals surface area contributed by atoms with Gasteiger partial charge in [0.1, 0.15) is 17.6 Å². The molecular weight excluding hydrogens is 264 g/mol. The summed E-state index contributed by atoms with van der Waals surface area (Å²) >= 11 is 0. The first-order valence-corrected chi connectivity index (χ1v) is 8.23. The Labute approximate surface area is 128 Å². The zero-order valence-electron chi connectivity index (χ0n) is 13.9. The topological polar surface area (TPSA) is 58.1 Å². The molecule has 0 saturated carbocycles. The van der Waals surface area contributed by atoms with Gasteiger partial charge >= 0.3 is 0 Å². The van der Waals surface area contributed by atoms with E-state index in [1.807, 2.05) is 34.6 Å². The van der Waals surface area contributed by atoms with Crippen molar-refractivity contribution in [3.05, 3.63) is 12.0 Å². The highest BCUT2D eigenvalue weighted by atomic mass is 16.2. The van der Waals surface area contributed by atoms with Crippen LogP contribution in [0.25, 0.3) is 0 Å². The number of fused-ring (bicyclic) bond motifs is 3. The number of hydrogen-bond acceptors (Lipinski definition) is 4. The van der Waals surface area contributed by atoms with Gasteiger partial charge in [-0.2, -0.15) is 0 Å². The number of nitrogens with zero attached hydrogens (tertiary/aromatic N) is 3. The molecule has 3 rings (SSSR count). The van der Waals surface area contributed by atoms with Crippen LogP contribution in [0.15, 0.2) is 6.20 Å². The minimum Gasteiger partial charge on any atom is -0.343 e. The Morgan fingerprint density at radius 1 is 1.29 bits per heavy atom. The van der Waals surface area contributed by atoms with E-state index < -0.39 is 0 Å². The summed E-state index contributed by atoms with van der Waals surface area (Å²) in [5, 5.41) is 2.90. The van der Waals surface area contributed by atoms with Gasteiger partial charge in [-0.3, -0.25) is 4.79 Å². The molecule has 5 heteroatoms. The third-order valence-electron chi connectivity index (χ3n) is 3.47. The van der Waals surface area contributed by atoms with Gasteiger partial charge in [0, 0.05) is 13.0 Å². The minimum absolute atomic E-state index is 0.0316. The zero-order valence-corrected chi connectivity index (χ0v) is 13.9. The van der Waals surface area contributed by atoms with E-state index in [9.17, 15) is 4.79 Å². The third kappa shape index (κ3) is 3.71. The molecule has 0 aromatic carbocycles. The largest absolute Gasteiger partial charge is 0.343 e. The van der Waals surface area contributed by atoms with E-state index in [4.69, 9.17) is 0 Å². The molecule has 0 radical (unpaired) electrons. The molecule has 118 valence electrons. The lowest BCUT2D eigenvalue weighted by Crippen LogP contribution is -2.51. The molecule has 0 spiro atoms. The van der Waals surface area contributed by atoms with Gasteiger partial charge < -0.3 is 10.2 Å². The van der Waals surface area contributed by atoms with Crippen LogP contribution in [-0.2, 0) is 11.2 Å². The van der Waals surface area contributed by atoms with Gasteiger partial charge in [-0.25, -0.2) is 9.97 Å². The standard InChI is InChI=1S/C12H16N4O.2C2H6/c1-2-10-13-7-8-11(15-10)16-6-4-3-5-9(16)12(17)14-8;2*1-2/h7,9H,2-6H2,1H3,(H,14,17);2*1-2H3. The van der Waals surface area contributed by atoms with Gasteiger partial charge in [-0.15, -0.1) is 0 Å². The maximum atomic E-state index is 11.9. The van der Waals surface area contributed by atoms with Crippen molar-refractivity contribution in [3.63, 3.8) is 0 Å². The van der Waals surface area contributed by atoms with Crippen molar-refractivity contribution < 1.29 is 4.79 Å². The van der Waals surface area contributed by atoms with E-state index in [-0.39, 0.29) is 11.9 Å². The van der Waals surface area contributed by atoms with Gasteiger partial charge in [0.05, 0.1) is 6.20 Å². The fraction of sp³-hybridized carbons (Fsp3) is 0.688. The van der Waals surface area contributed by atoms with Crippen molar-refractivity contribution >= 4 is 17.4 Å². The smallest absolute Gasteiger partial charge is 0.247 e. The van der Waals surface area contributed by atoms with Crippen LogP contribution < -0.4 is 10.2 Å². The maximum Gasteiger partial charge on any atom is 0.247 e. The summed E-state index contributed by atoms with van der Waals surface area (Å²) in [6.45, 7) is 11.0. The van der Waals surface area contributed by atoms with Crippen molar-refractivity contribution in [3.8, 4) is 0 Å². The molecule has 2 aliphatic heterocycles. The lowest BCUT2D eigenvalue weighted by molar-refractivity contribution is -0.118. The molecule has 1 saturated heterocycles. The highest BCUT2D eigenvalue weighted by Gasteiger charge is 2.35. The average molecular weight is 292 g/mol. The molecule has 0 bridgehead atoms. The van der Waals surface area contributed by atoms with Crippen LogP contribution in [0.3, 0.4) is 0 Å². The van der Waals surface area contributed by atoms with Crippen molar-refractivity contribution in [2.75, 3.05) is 16.8 Å². The summed E-state index contributed by atoms with van der Waals surface area (Å²) in [5.74, 6) is 1.83. The molecule has 1 fully saturated rings. The van der Waals surface area contributed by atoms with Crippen molar-refractivity contribution in [2.45, 2.75) is 66.3 Å². The first-order valence-electron chi connectivity index (χ1n) is 8.23. The lowest BCUT2D eigenvalue weighted by Gasteiger charge is -2.39. The summed E-state index contributed by atoms with van der Waals surface area (Å²) in [6, 6.07) is -0.0316. The quantitative estimate of drug-likeness (QED) is 0.862. The number of anilines is 2. The summed E-state index contributed by atoms with van der Waals surface area (Å²) in [4.78, 5) is 22.9. The molecule has 21 heavy (non-hydrogen) atoms. The highest BCUT2D eigenvalue weighted by molar-refractivity contribution is 6.02. The monoisotopic (exact) mass is 292 g/mol. The molecular formula is C16H28N4O. The number of hydrogen-bond donors (Lipinski definition) is 1. The highest BCUT2D eigenvalue weighted by Crippen LogP contribution is 2.33. The SMILES string of the molecule is CC.CC.CCc1ncc2c(n1)N1CCCCC1C(=O)N2. The predicted octanol–water partition coefficient (Wildman–Crippen LogP) is 3.40. The van der Waals surface area contributed by atoms with Crippen molar-refractivity contribution in [1.82, 2.24) is 9.97 Å². The number of aryl methyl sites for hydroxylation is 1. The van der Waals surface area contributed by atoms with Crippen LogP contribution in [0.5, 0.6) is 0 Å². The van der Waals surface area contributed by atoms with Gasteiger partial charge in [-0.05, 0) is 19.3 Å². The first kappa shape index (κ1) is 17.4. The lowest BCUT2D eigenvalue weighted by atomic mass is 9.99. The fourth-order valence-corrected chi connectivity index (χ4v) is 2.56. The summed E-state index contributed by atoms with van der Waals surface area (Å²) < 4.78 is 0. The third-order valence-corrected chi connectivity index (χ3v) is 3.47. The Morgan fingerprint density at radius 3 is 2.67 bits per heavy atom.